The molecule has 1 fully saturated rings. The zero-order chi connectivity index (χ0) is 18.8. The summed E-state index contributed by atoms with van der Waals surface area (Å²) in [5.41, 5.74) is 10.5. The molecule has 1 saturated heterocycles. The SMILES string of the molecule is Cc1ccc([C@@H](N)CC(=O)N2CCCC(c3nc4ccccc4[nH]3)C2)cc1. The molecule has 0 spiro atoms. The Morgan fingerprint density at radius 1 is 1.26 bits per heavy atom. The molecule has 0 radical (unpaired) electrons. The number of aromatic amines is 1. The van der Waals surface area contributed by atoms with Crippen molar-refractivity contribution in [3.63, 3.8) is 0 Å². The van der Waals surface area contributed by atoms with Crippen LogP contribution < -0.4 is 5.73 Å². The van der Waals surface area contributed by atoms with E-state index >= 15 is 0 Å². The van der Waals surface area contributed by atoms with Gasteiger partial charge in [-0.3, -0.25) is 4.79 Å². The third-order valence-electron chi connectivity index (χ3n) is 5.47. The van der Waals surface area contributed by atoms with Crippen molar-refractivity contribution in [2.75, 3.05) is 13.1 Å². The van der Waals surface area contributed by atoms with Gasteiger partial charge < -0.3 is 15.6 Å². The van der Waals surface area contributed by atoms with E-state index in [4.69, 9.17) is 10.7 Å². The lowest BCUT2D eigenvalue weighted by molar-refractivity contribution is -0.132. The highest BCUT2D eigenvalue weighted by Crippen LogP contribution is 2.28. The highest BCUT2D eigenvalue weighted by Gasteiger charge is 2.27. The van der Waals surface area contributed by atoms with Crippen LogP contribution in [0.1, 0.15) is 48.2 Å². The third-order valence-corrected chi connectivity index (χ3v) is 5.47. The fraction of sp³-hybridized carbons (Fsp3) is 0.364. The normalized spacial score (nSPS) is 18.6. The van der Waals surface area contributed by atoms with Crippen LogP contribution in [0.5, 0.6) is 0 Å². The van der Waals surface area contributed by atoms with Crippen LogP contribution >= 0.6 is 0 Å². The monoisotopic (exact) mass is 362 g/mol. The molecule has 1 amide bonds. The van der Waals surface area contributed by atoms with Crippen molar-refractivity contribution < 1.29 is 4.79 Å². The second-order valence-electron chi connectivity index (χ2n) is 7.54. The summed E-state index contributed by atoms with van der Waals surface area (Å²) in [4.78, 5) is 22.9. The number of para-hydroxylation sites is 2. The molecule has 2 atom stereocenters. The van der Waals surface area contributed by atoms with Gasteiger partial charge in [-0.05, 0) is 37.5 Å². The van der Waals surface area contributed by atoms with Crippen LogP contribution in [0.25, 0.3) is 11.0 Å². The van der Waals surface area contributed by atoms with Crippen LogP contribution in [0.4, 0.5) is 0 Å². The van der Waals surface area contributed by atoms with E-state index < -0.39 is 0 Å². The molecule has 3 aromatic rings. The van der Waals surface area contributed by atoms with Crippen LogP contribution in [-0.2, 0) is 4.79 Å². The van der Waals surface area contributed by atoms with E-state index in [2.05, 4.69) is 4.98 Å². The summed E-state index contributed by atoms with van der Waals surface area (Å²) >= 11 is 0. The van der Waals surface area contributed by atoms with Crippen LogP contribution in [0.2, 0.25) is 0 Å². The third kappa shape index (κ3) is 3.88. The van der Waals surface area contributed by atoms with Gasteiger partial charge in [0.1, 0.15) is 5.82 Å². The summed E-state index contributed by atoms with van der Waals surface area (Å²) in [5, 5.41) is 0. The van der Waals surface area contributed by atoms with Gasteiger partial charge in [-0.1, -0.05) is 42.0 Å². The summed E-state index contributed by atoms with van der Waals surface area (Å²) in [6.07, 6.45) is 2.39. The fourth-order valence-corrected chi connectivity index (χ4v) is 3.84. The van der Waals surface area contributed by atoms with Gasteiger partial charge in [0.05, 0.1) is 11.0 Å². The van der Waals surface area contributed by atoms with Gasteiger partial charge in [0.15, 0.2) is 0 Å². The predicted molar refractivity (Wildman–Crippen MR) is 107 cm³/mol. The lowest BCUT2D eigenvalue weighted by Crippen LogP contribution is -2.40. The molecular formula is C22H26N4O. The van der Waals surface area contributed by atoms with Gasteiger partial charge in [-0.25, -0.2) is 4.98 Å². The Balaban J connectivity index is 1.42. The number of benzene rings is 2. The van der Waals surface area contributed by atoms with Crippen molar-refractivity contribution in [3.05, 3.63) is 65.5 Å². The quantitative estimate of drug-likeness (QED) is 0.744. The zero-order valence-corrected chi connectivity index (χ0v) is 15.7. The van der Waals surface area contributed by atoms with Gasteiger partial charge >= 0.3 is 0 Å². The van der Waals surface area contributed by atoms with Crippen molar-refractivity contribution in [1.29, 1.82) is 0 Å². The summed E-state index contributed by atoms with van der Waals surface area (Å²) in [6.45, 7) is 3.56. The molecule has 1 aromatic heterocycles. The van der Waals surface area contributed by atoms with Crippen molar-refractivity contribution in [2.24, 2.45) is 5.73 Å². The molecule has 1 aliphatic heterocycles. The number of carbonyl (C=O) groups excluding carboxylic acids is 1. The number of fused-ring (bicyclic) bond motifs is 1. The first-order chi connectivity index (χ1) is 13.1. The summed E-state index contributed by atoms with van der Waals surface area (Å²) in [5.74, 6) is 1.37. The lowest BCUT2D eigenvalue weighted by Gasteiger charge is -2.32. The highest BCUT2D eigenvalue weighted by atomic mass is 16.2. The Hall–Kier alpha value is -2.66. The number of piperidine rings is 1. The number of nitrogens with two attached hydrogens (primary N) is 1. The first-order valence-corrected chi connectivity index (χ1v) is 9.65. The van der Waals surface area contributed by atoms with Gasteiger partial charge in [0.2, 0.25) is 5.91 Å². The summed E-state index contributed by atoms with van der Waals surface area (Å²) in [6, 6.07) is 15.9. The number of imidazole rings is 1. The van der Waals surface area contributed by atoms with Crippen molar-refractivity contribution in [2.45, 2.75) is 38.1 Å². The van der Waals surface area contributed by atoms with Crippen LogP contribution in [0, 0.1) is 6.92 Å². The number of hydrogen-bond acceptors (Lipinski definition) is 3. The van der Waals surface area contributed by atoms with Gasteiger partial charge in [-0.2, -0.15) is 0 Å². The second kappa shape index (κ2) is 7.53. The van der Waals surface area contributed by atoms with E-state index in [9.17, 15) is 4.79 Å². The number of H-pyrrole nitrogens is 1. The lowest BCUT2D eigenvalue weighted by atomic mass is 9.96. The molecule has 2 aromatic carbocycles. The first kappa shape index (κ1) is 17.7. The average molecular weight is 362 g/mol. The summed E-state index contributed by atoms with van der Waals surface area (Å²) in [7, 11) is 0. The minimum absolute atomic E-state index is 0.129. The molecule has 2 heterocycles. The number of nitrogens with zero attached hydrogens (tertiary/aromatic N) is 2. The Morgan fingerprint density at radius 2 is 2.04 bits per heavy atom. The molecule has 1 aliphatic rings. The predicted octanol–water partition coefficient (Wildman–Crippen LogP) is 3.67. The fourth-order valence-electron chi connectivity index (χ4n) is 3.84. The maximum Gasteiger partial charge on any atom is 0.224 e. The van der Waals surface area contributed by atoms with Gasteiger partial charge in [0, 0.05) is 31.5 Å². The van der Waals surface area contributed by atoms with Gasteiger partial charge in [-0.15, -0.1) is 0 Å². The van der Waals surface area contributed by atoms with Crippen molar-refractivity contribution >= 4 is 16.9 Å². The summed E-state index contributed by atoms with van der Waals surface area (Å²) < 4.78 is 0. The first-order valence-electron chi connectivity index (χ1n) is 9.65. The van der Waals surface area contributed by atoms with E-state index in [1.807, 2.05) is 60.4 Å². The number of aromatic nitrogens is 2. The van der Waals surface area contributed by atoms with Crippen molar-refractivity contribution in [1.82, 2.24) is 14.9 Å². The Morgan fingerprint density at radius 3 is 2.81 bits per heavy atom. The van der Waals surface area contributed by atoms with E-state index in [1.54, 1.807) is 0 Å². The minimum atomic E-state index is -0.260. The Bertz CT molecular complexity index is 898. The molecule has 5 nitrogen and oxygen atoms in total. The number of carbonyl (C=O) groups is 1. The van der Waals surface area contributed by atoms with Crippen LogP contribution in [0.3, 0.4) is 0 Å². The number of amides is 1. The molecule has 1 unspecified atom stereocenters. The van der Waals surface area contributed by atoms with E-state index in [1.165, 1.54) is 5.56 Å². The Kier molecular flexibility index (Phi) is 4.94. The standard InChI is InChI=1S/C22H26N4O/c1-15-8-10-16(11-9-15)18(23)13-21(27)26-12-4-5-17(14-26)22-24-19-6-2-3-7-20(19)25-22/h2-3,6-11,17-18H,4-5,12-14,23H2,1H3,(H,24,25)/t17?,18-/m0/s1. The number of hydrogen-bond donors (Lipinski definition) is 2. The molecule has 0 saturated carbocycles. The van der Waals surface area contributed by atoms with Crippen molar-refractivity contribution in [3.8, 4) is 0 Å². The number of aryl methyl sites for hydroxylation is 1. The van der Waals surface area contributed by atoms with E-state index in [0.717, 1.165) is 41.8 Å². The maximum atomic E-state index is 12.8. The largest absolute Gasteiger partial charge is 0.342 e. The average Bonchev–Trinajstić information content (AvgIpc) is 3.13. The molecule has 5 heteroatoms. The topological polar surface area (TPSA) is 75.0 Å². The molecule has 4 rings (SSSR count). The zero-order valence-electron chi connectivity index (χ0n) is 15.7. The molecular weight excluding hydrogens is 336 g/mol. The maximum absolute atomic E-state index is 12.8. The smallest absolute Gasteiger partial charge is 0.224 e. The molecule has 0 aliphatic carbocycles. The number of rotatable bonds is 4. The second-order valence-corrected chi connectivity index (χ2v) is 7.54. The number of nitrogens with one attached hydrogen (secondary N) is 1. The molecule has 140 valence electrons. The van der Waals surface area contributed by atoms with Crippen LogP contribution in [0.15, 0.2) is 48.5 Å². The molecule has 0 bridgehead atoms. The molecule has 3 N–H and O–H groups in total. The van der Waals surface area contributed by atoms with Gasteiger partial charge in [0.25, 0.3) is 0 Å². The van der Waals surface area contributed by atoms with E-state index in [-0.39, 0.29) is 17.9 Å². The Labute approximate surface area is 159 Å². The van der Waals surface area contributed by atoms with Crippen LogP contribution in [-0.4, -0.2) is 33.9 Å². The number of likely N-dealkylation sites (tertiary alicyclic amines) is 1. The highest BCUT2D eigenvalue weighted by molar-refractivity contribution is 5.77. The molecule has 27 heavy (non-hydrogen) atoms. The van der Waals surface area contributed by atoms with E-state index in [0.29, 0.717) is 13.0 Å². The minimum Gasteiger partial charge on any atom is -0.342 e.